The first-order chi connectivity index (χ1) is 7.95. The average molecular weight is 241 g/mol. The molecule has 0 bridgehead atoms. The van der Waals surface area contributed by atoms with Crippen LogP contribution in [0.1, 0.15) is 79.1 Å². The van der Waals surface area contributed by atoms with Crippen molar-refractivity contribution in [1.29, 1.82) is 0 Å². The van der Waals surface area contributed by atoms with Crippen LogP contribution in [-0.2, 0) is 4.79 Å². The van der Waals surface area contributed by atoms with Crippen molar-refractivity contribution in [2.75, 3.05) is 0 Å². The monoisotopic (exact) mass is 241 g/mol. The zero-order chi connectivity index (χ0) is 13.3. The molecule has 0 N–H and O–H groups in total. The number of carboxylic acid groups (broad SMARTS) is 1. The summed E-state index contributed by atoms with van der Waals surface area (Å²) < 4.78 is 0. The predicted octanol–water partition coefficient (Wildman–Crippen LogP) is 3.54. The topological polar surface area (TPSA) is 40.1 Å². The normalized spacial score (nSPS) is 13.6. The first-order valence-electron chi connectivity index (χ1n) is 7.16. The van der Waals surface area contributed by atoms with Crippen LogP contribution in [0.25, 0.3) is 0 Å². The van der Waals surface area contributed by atoms with Crippen molar-refractivity contribution in [3.8, 4) is 0 Å². The number of rotatable bonds is 10. The molecular weight excluding hydrogens is 212 g/mol. The third kappa shape index (κ3) is 6.70. The summed E-state index contributed by atoms with van der Waals surface area (Å²) in [4.78, 5) is 11.2. The van der Waals surface area contributed by atoms with Crippen molar-refractivity contribution in [2.24, 2.45) is 11.3 Å². The van der Waals surface area contributed by atoms with Crippen molar-refractivity contribution in [2.45, 2.75) is 79.1 Å². The maximum Gasteiger partial charge on any atom is 0.0450 e. The highest BCUT2D eigenvalue weighted by Crippen LogP contribution is 2.33. The highest BCUT2D eigenvalue weighted by atomic mass is 16.4. The molecule has 0 rings (SSSR count). The molecule has 2 nitrogen and oxygen atoms in total. The molecule has 2 heteroatoms. The van der Waals surface area contributed by atoms with Crippen LogP contribution >= 0.6 is 0 Å². The average Bonchev–Trinajstić information content (AvgIpc) is 2.27. The van der Waals surface area contributed by atoms with E-state index in [0.717, 1.165) is 25.7 Å². The highest BCUT2D eigenvalue weighted by Gasteiger charge is 2.28. The largest absolute Gasteiger partial charge is 0.550 e. The van der Waals surface area contributed by atoms with Crippen LogP contribution in [0.15, 0.2) is 0 Å². The van der Waals surface area contributed by atoms with E-state index in [2.05, 4.69) is 13.8 Å². The Morgan fingerprint density at radius 1 is 1.06 bits per heavy atom. The molecule has 0 spiro atoms. The molecule has 0 aliphatic heterocycles. The first kappa shape index (κ1) is 16.5. The van der Waals surface area contributed by atoms with Crippen LogP contribution in [0.3, 0.4) is 0 Å². The first-order valence-corrected chi connectivity index (χ1v) is 7.16. The Kier molecular flexibility index (Phi) is 8.28. The standard InChI is InChI=1S/C15H30O2/c1-5-7-8-9-10-11-12-13(14(16)17)15(3,4)6-2/h13H,5-12H2,1-4H3,(H,16,17)/p-1. The molecule has 0 aliphatic rings. The molecule has 0 aromatic carbocycles. The lowest BCUT2D eigenvalue weighted by Crippen LogP contribution is -2.40. The van der Waals surface area contributed by atoms with Gasteiger partial charge in [-0.3, -0.25) is 0 Å². The maximum atomic E-state index is 11.2. The number of carbonyl (C=O) groups excluding carboxylic acids is 1. The number of carboxylic acids is 1. The van der Waals surface area contributed by atoms with Gasteiger partial charge in [0.1, 0.15) is 0 Å². The molecule has 17 heavy (non-hydrogen) atoms. The van der Waals surface area contributed by atoms with Gasteiger partial charge in [-0.15, -0.1) is 0 Å². The third-order valence-corrected chi connectivity index (χ3v) is 3.99. The SMILES string of the molecule is CCCCCCCCC(C(=O)[O-])C(C)(C)CC. The molecule has 0 radical (unpaired) electrons. The van der Waals surface area contributed by atoms with E-state index < -0.39 is 5.97 Å². The van der Waals surface area contributed by atoms with Gasteiger partial charge in [-0.1, -0.05) is 72.6 Å². The summed E-state index contributed by atoms with van der Waals surface area (Å²) >= 11 is 0. The number of hydrogen-bond acceptors (Lipinski definition) is 2. The van der Waals surface area contributed by atoms with Crippen LogP contribution in [0.2, 0.25) is 0 Å². The summed E-state index contributed by atoms with van der Waals surface area (Å²) in [6.45, 7) is 8.32. The number of aliphatic carboxylic acids is 1. The number of hydrogen-bond donors (Lipinski definition) is 0. The Hall–Kier alpha value is -0.530. The molecule has 0 fully saturated rings. The summed E-state index contributed by atoms with van der Waals surface area (Å²) in [5.74, 6) is -1.16. The zero-order valence-electron chi connectivity index (χ0n) is 12.1. The van der Waals surface area contributed by atoms with Gasteiger partial charge >= 0.3 is 0 Å². The van der Waals surface area contributed by atoms with Crippen LogP contribution < -0.4 is 5.11 Å². The lowest BCUT2D eigenvalue weighted by atomic mass is 9.74. The molecule has 0 saturated heterocycles. The Morgan fingerprint density at radius 2 is 1.59 bits per heavy atom. The van der Waals surface area contributed by atoms with E-state index in [-0.39, 0.29) is 11.3 Å². The van der Waals surface area contributed by atoms with Gasteiger partial charge in [-0.25, -0.2) is 0 Å². The minimum atomic E-state index is -0.870. The van der Waals surface area contributed by atoms with Gasteiger partial charge < -0.3 is 9.90 Å². The molecule has 102 valence electrons. The second kappa shape index (κ2) is 8.54. The summed E-state index contributed by atoms with van der Waals surface area (Å²) in [6.07, 6.45) is 8.91. The number of unbranched alkanes of at least 4 members (excludes halogenated alkanes) is 5. The fraction of sp³-hybridized carbons (Fsp3) is 0.933. The van der Waals surface area contributed by atoms with Crippen LogP contribution in [0, 0.1) is 11.3 Å². The van der Waals surface area contributed by atoms with Crippen LogP contribution in [-0.4, -0.2) is 5.97 Å². The van der Waals surface area contributed by atoms with Crippen LogP contribution in [0.4, 0.5) is 0 Å². The molecule has 0 heterocycles. The quantitative estimate of drug-likeness (QED) is 0.549. The van der Waals surface area contributed by atoms with E-state index in [1.807, 2.05) is 13.8 Å². The van der Waals surface area contributed by atoms with E-state index in [1.165, 1.54) is 25.7 Å². The van der Waals surface area contributed by atoms with Crippen molar-refractivity contribution in [1.82, 2.24) is 0 Å². The van der Waals surface area contributed by atoms with Gasteiger partial charge in [-0.05, 0) is 11.8 Å². The second-order valence-electron chi connectivity index (χ2n) is 5.77. The summed E-state index contributed by atoms with van der Waals surface area (Å²) in [5, 5.41) is 11.2. The summed E-state index contributed by atoms with van der Waals surface area (Å²) in [7, 11) is 0. The van der Waals surface area contributed by atoms with E-state index in [4.69, 9.17) is 0 Å². The smallest absolute Gasteiger partial charge is 0.0450 e. The van der Waals surface area contributed by atoms with Gasteiger partial charge in [0.25, 0.3) is 0 Å². The van der Waals surface area contributed by atoms with E-state index in [9.17, 15) is 9.90 Å². The van der Waals surface area contributed by atoms with Gasteiger partial charge in [0, 0.05) is 11.9 Å². The molecular formula is C15H29O2-. The van der Waals surface area contributed by atoms with Crippen molar-refractivity contribution < 1.29 is 9.90 Å². The second-order valence-corrected chi connectivity index (χ2v) is 5.77. The van der Waals surface area contributed by atoms with E-state index in [0.29, 0.717) is 0 Å². The highest BCUT2D eigenvalue weighted by molar-refractivity contribution is 5.68. The van der Waals surface area contributed by atoms with Gasteiger partial charge in [0.2, 0.25) is 0 Å². The molecule has 0 aliphatic carbocycles. The number of carbonyl (C=O) groups is 1. The molecule has 0 aromatic heterocycles. The lowest BCUT2D eigenvalue weighted by molar-refractivity contribution is -0.315. The summed E-state index contributed by atoms with van der Waals surface area (Å²) in [6, 6.07) is 0. The third-order valence-electron chi connectivity index (χ3n) is 3.99. The van der Waals surface area contributed by atoms with E-state index >= 15 is 0 Å². The van der Waals surface area contributed by atoms with Gasteiger partial charge in [0.15, 0.2) is 0 Å². The fourth-order valence-electron chi connectivity index (χ4n) is 2.20. The Bertz CT molecular complexity index is 209. The summed E-state index contributed by atoms with van der Waals surface area (Å²) in [5.41, 5.74) is -0.137. The minimum Gasteiger partial charge on any atom is -0.550 e. The Morgan fingerprint density at radius 3 is 2.06 bits per heavy atom. The Labute approximate surface area is 107 Å². The Balaban J connectivity index is 3.91. The zero-order valence-corrected chi connectivity index (χ0v) is 12.1. The maximum absolute atomic E-state index is 11.2. The molecule has 1 unspecified atom stereocenters. The lowest BCUT2D eigenvalue weighted by Gasteiger charge is -2.34. The molecule has 1 atom stereocenters. The minimum absolute atomic E-state index is 0.137. The fourth-order valence-corrected chi connectivity index (χ4v) is 2.20. The molecule has 0 amide bonds. The van der Waals surface area contributed by atoms with Gasteiger partial charge in [-0.2, -0.15) is 0 Å². The molecule has 0 saturated carbocycles. The molecule has 0 aromatic rings. The van der Waals surface area contributed by atoms with Crippen molar-refractivity contribution in [3.05, 3.63) is 0 Å². The van der Waals surface area contributed by atoms with Crippen LogP contribution in [0.5, 0.6) is 0 Å². The van der Waals surface area contributed by atoms with E-state index in [1.54, 1.807) is 0 Å². The van der Waals surface area contributed by atoms with Crippen molar-refractivity contribution in [3.63, 3.8) is 0 Å². The predicted molar refractivity (Wildman–Crippen MR) is 70.6 cm³/mol. The van der Waals surface area contributed by atoms with Crippen molar-refractivity contribution >= 4 is 5.97 Å². The van der Waals surface area contributed by atoms with Gasteiger partial charge in [0.05, 0.1) is 0 Å².